The van der Waals surface area contributed by atoms with Crippen LogP contribution in [0.5, 0.6) is 0 Å². The number of nitrogens with one attached hydrogen (secondary N) is 2. The van der Waals surface area contributed by atoms with E-state index in [9.17, 15) is 4.79 Å². The predicted molar refractivity (Wildman–Crippen MR) is 142 cm³/mol. The highest BCUT2D eigenvalue weighted by Gasteiger charge is 2.27. The van der Waals surface area contributed by atoms with E-state index in [-0.39, 0.29) is 5.91 Å². The van der Waals surface area contributed by atoms with E-state index in [0.717, 1.165) is 60.9 Å². The number of H-pyrrole nitrogens is 1. The fourth-order valence-corrected chi connectivity index (χ4v) is 5.35. The Balaban J connectivity index is 1.24. The van der Waals surface area contributed by atoms with E-state index in [1.165, 1.54) is 12.0 Å². The van der Waals surface area contributed by atoms with Gasteiger partial charge in [0.25, 0.3) is 0 Å². The summed E-state index contributed by atoms with van der Waals surface area (Å²) in [5, 5.41) is 11.4. The number of anilines is 2. The molecule has 2 saturated heterocycles. The predicted octanol–water partition coefficient (Wildman–Crippen LogP) is 4.87. The SMILES string of the molecule is Cc1cc(Nc2nc(Cc3cc(Cl)c(C4CCN(C(=O)CN5CCC5)CC4)cc3C)ncc2Cl)n[nH]1. The largest absolute Gasteiger partial charge is 0.342 e. The topological polar surface area (TPSA) is 90.0 Å². The summed E-state index contributed by atoms with van der Waals surface area (Å²) in [6, 6.07) is 6.12. The molecule has 1 aromatic carbocycles. The monoisotopic (exact) mass is 527 g/mol. The van der Waals surface area contributed by atoms with Gasteiger partial charge >= 0.3 is 0 Å². The number of carbonyl (C=O) groups is 1. The van der Waals surface area contributed by atoms with Gasteiger partial charge in [-0.05, 0) is 74.9 Å². The van der Waals surface area contributed by atoms with Crippen molar-refractivity contribution < 1.29 is 4.79 Å². The van der Waals surface area contributed by atoms with Crippen molar-refractivity contribution in [3.8, 4) is 0 Å². The lowest BCUT2D eigenvalue weighted by atomic mass is 9.87. The van der Waals surface area contributed by atoms with E-state index < -0.39 is 0 Å². The highest BCUT2D eigenvalue weighted by atomic mass is 35.5. The molecule has 0 unspecified atom stereocenters. The number of aromatic amines is 1. The molecule has 4 heterocycles. The van der Waals surface area contributed by atoms with Gasteiger partial charge < -0.3 is 10.2 Å². The molecule has 0 spiro atoms. The van der Waals surface area contributed by atoms with Crippen LogP contribution in [0.25, 0.3) is 0 Å². The fraction of sp³-hybridized carbons (Fsp3) is 0.462. The van der Waals surface area contributed by atoms with E-state index in [4.69, 9.17) is 23.2 Å². The number of likely N-dealkylation sites (tertiary alicyclic amines) is 2. The maximum atomic E-state index is 12.6. The second-order valence-corrected chi connectivity index (χ2v) is 10.6. The fourth-order valence-electron chi connectivity index (χ4n) is 4.87. The Morgan fingerprint density at radius 1 is 1.11 bits per heavy atom. The second-order valence-electron chi connectivity index (χ2n) is 9.81. The van der Waals surface area contributed by atoms with Crippen LogP contribution in [0.1, 0.15) is 53.4 Å². The van der Waals surface area contributed by atoms with Crippen LogP contribution in [0.2, 0.25) is 10.0 Å². The molecule has 36 heavy (non-hydrogen) atoms. The van der Waals surface area contributed by atoms with Gasteiger partial charge in [-0.15, -0.1) is 0 Å². The minimum absolute atomic E-state index is 0.255. The Hall–Kier alpha value is -2.68. The minimum atomic E-state index is 0.255. The van der Waals surface area contributed by atoms with E-state index in [0.29, 0.717) is 41.4 Å². The quantitative estimate of drug-likeness (QED) is 0.455. The molecule has 2 aliphatic heterocycles. The Kier molecular flexibility index (Phi) is 7.46. The normalized spacial score (nSPS) is 16.7. The number of hydrogen-bond acceptors (Lipinski definition) is 6. The van der Waals surface area contributed by atoms with E-state index in [1.54, 1.807) is 6.20 Å². The van der Waals surface area contributed by atoms with Gasteiger partial charge in [0.05, 0.1) is 12.7 Å². The Morgan fingerprint density at radius 2 is 1.89 bits per heavy atom. The molecule has 2 fully saturated rings. The second kappa shape index (κ2) is 10.7. The molecule has 5 rings (SSSR count). The van der Waals surface area contributed by atoms with Crippen LogP contribution in [0.15, 0.2) is 24.4 Å². The zero-order chi connectivity index (χ0) is 25.2. The van der Waals surface area contributed by atoms with Crippen molar-refractivity contribution in [2.45, 2.75) is 45.4 Å². The summed E-state index contributed by atoms with van der Waals surface area (Å²) in [5.41, 5.74) is 4.34. The van der Waals surface area contributed by atoms with Crippen LogP contribution in [0.3, 0.4) is 0 Å². The molecule has 1 amide bonds. The Bertz CT molecular complexity index is 1250. The maximum absolute atomic E-state index is 12.6. The summed E-state index contributed by atoms with van der Waals surface area (Å²) in [6.45, 7) is 8.26. The molecule has 10 heteroatoms. The first-order valence-electron chi connectivity index (χ1n) is 12.4. The van der Waals surface area contributed by atoms with Crippen LogP contribution in [0.4, 0.5) is 11.6 Å². The van der Waals surface area contributed by atoms with Crippen molar-refractivity contribution in [2.75, 3.05) is 38.0 Å². The number of aryl methyl sites for hydroxylation is 2. The van der Waals surface area contributed by atoms with Crippen molar-refractivity contribution in [3.63, 3.8) is 0 Å². The highest BCUT2D eigenvalue weighted by molar-refractivity contribution is 6.33. The van der Waals surface area contributed by atoms with Crippen LogP contribution in [-0.4, -0.2) is 68.6 Å². The average molecular weight is 528 g/mol. The number of halogens is 2. The van der Waals surface area contributed by atoms with Crippen LogP contribution in [-0.2, 0) is 11.2 Å². The zero-order valence-electron chi connectivity index (χ0n) is 20.7. The van der Waals surface area contributed by atoms with Gasteiger partial charge in [-0.3, -0.25) is 14.8 Å². The van der Waals surface area contributed by atoms with Gasteiger partial charge in [0.1, 0.15) is 10.8 Å². The lowest BCUT2D eigenvalue weighted by Crippen LogP contribution is -2.47. The molecular formula is C26H31Cl2N7O. The molecule has 0 aliphatic carbocycles. The van der Waals surface area contributed by atoms with Gasteiger partial charge in [-0.1, -0.05) is 29.3 Å². The standard InChI is InChI=1S/C26H31Cl2N7O/c1-16-10-20(18-4-8-35(9-5-18)25(36)15-34-6-3-7-34)21(27)12-19(16)13-23-29-14-22(28)26(30-23)31-24-11-17(2)32-33-24/h10-12,14,18H,3-9,13,15H2,1-2H3,(H2,29,30,31,32,33). The molecular weight excluding hydrogens is 497 g/mol. The molecule has 2 N–H and O–H groups in total. The third kappa shape index (κ3) is 5.66. The molecule has 190 valence electrons. The number of nitrogens with zero attached hydrogens (tertiary/aromatic N) is 5. The number of carbonyl (C=O) groups excluding carboxylic acids is 1. The first-order chi connectivity index (χ1) is 17.4. The minimum Gasteiger partial charge on any atom is -0.342 e. The van der Waals surface area contributed by atoms with Crippen molar-refractivity contribution in [2.24, 2.45) is 0 Å². The summed E-state index contributed by atoms with van der Waals surface area (Å²) in [7, 11) is 0. The lowest BCUT2D eigenvalue weighted by Gasteiger charge is -2.36. The average Bonchev–Trinajstić information content (AvgIpc) is 3.25. The molecule has 2 aromatic heterocycles. The van der Waals surface area contributed by atoms with E-state index >= 15 is 0 Å². The summed E-state index contributed by atoms with van der Waals surface area (Å²) >= 11 is 13.1. The van der Waals surface area contributed by atoms with Gasteiger partial charge in [0.15, 0.2) is 11.6 Å². The zero-order valence-corrected chi connectivity index (χ0v) is 22.2. The smallest absolute Gasteiger partial charge is 0.236 e. The van der Waals surface area contributed by atoms with Crippen molar-refractivity contribution >= 4 is 40.7 Å². The summed E-state index contributed by atoms with van der Waals surface area (Å²) < 4.78 is 0. The lowest BCUT2D eigenvalue weighted by molar-refractivity contribution is -0.134. The number of hydrogen-bond donors (Lipinski definition) is 2. The van der Waals surface area contributed by atoms with Crippen molar-refractivity contribution in [1.82, 2.24) is 30.0 Å². The molecule has 0 radical (unpaired) electrons. The van der Waals surface area contributed by atoms with Gasteiger partial charge in [0.2, 0.25) is 5.91 Å². The third-order valence-corrected chi connectivity index (χ3v) is 7.75. The van der Waals surface area contributed by atoms with Crippen LogP contribution >= 0.6 is 23.2 Å². The molecule has 0 saturated carbocycles. The van der Waals surface area contributed by atoms with Gasteiger partial charge in [-0.25, -0.2) is 9.97 Å². The molecule has 0 atom stereocenters. The molecule has 0 bridgehead atoms. The first kappa shape index (κ1) is 25.0. The molecule has 2 aliphatic rings. The maximum Gasteiger partial charge on any atom is 0.236 e. The van der Waals surface area contributed by atoms with E-state index in [2.05, 4.69) is 43.4 Å². The van der Waals surface area contributed by atoms with Crippen molar-refractivity contribution in [1.29, 1.82) is 0 Å². The van der Waals surface area contributed by atoms with E-state index in [1.807, 2.05) is 24.0 Å². The van der Waals surface area contributed by atoms with Gasteiger partial charge in [0, 0.05) is 36.3 Å². The number of rotatable bonds is 7. The van der Waals surface area contributed by atoms with Crippen LogP contribution in [0, 0.1) is 13.8 Å². The summed E-state index contributed by atoms with van der Waals surface area (Å²) in [6.07, 6.45) is 5.23. The first-order valence-corrected chi connectivity index (χ1v) is 13.2. The van der Waals surface area contributed by atoms with Crippen LogP contribution < -0.4 is 5.32 Å². The third-order valence-electron chi connectivity index (χ3n) is 7.15. The number of aromatic nitrogens is 4. The highest BCUT2D eigenvalue weighted by Crippen LogP contribution is 2.35. The molecule has 3 aromatic rings. The number of piperidine rings is 1. The number of benzene rings is 1. The van der Waals surface area contributed by atoms with Crippen molar-refractivity contribution in [3.05, 3.63) is 62.6 Å². The van der Waals surface area contributed by atoms with Gasteiger partial charge in [-0.2, -0.15) is 5.10 Å². The Labute approximate surface area is 221 Å². The Morgan fingerprint density at radius 3 is 2.56 bits per heavy atom. The number of amides is 1. The molecule has 8 nitrogen and oxygen atoms in total. The summed E-state index contributed by atoms with van der Waals surface area (Å²) in [4.78, 5) is 25.8. The summed E-state index contributed by atoms with van der Waals surface area (Å²) in [5.74, 6) is 2.43.